The fourth-order valence-corrected chi connectivity index (χ4v) is 3.80. The predicted octanol–water partition coefficient (Wildman–Crippen LogP) is 4.56. The highest BCUT2D eigenvalue weighted by atomic mass is 16.3. The van der Waals surface area contributed by atoms with Crippen molar-refractivity contribution < 1.29 is 4.42 Å². The molecule has 0 saturated heterocycles. The van der Waals surface area contributed by atoms with E-state index in [4.69, 9.17) is 14.4 Å². The van der Waals surface area contributed by atoms with Crippen molar-refractivity contribution in [2.45, 2.75) is 6.92 Å². The van der Waals surface area contributed by atoms with Gasteiger partial charge in [0.2, 0.25) is 0 Å². The summed E-state index contributed by atoms with van der Waals surface area (Å²) in [6.07, 6.45) is 6.41. The Morgan fingerprint density at radius 2 is 1.82 bits per heavy atom. The summed E-state index contributed by atoms with van der Waals surface area (Å²) in [7, 11) is 0. The molecule has 0 saturated carbocycles. The zero-order chi connectivity index (χ0) is 22.4. The molecular weight excluding hydrogens is 416 g/mol. The molecule has 0 aliphatic rings. The van der Waals surface area contributed by atoms with Gasteiger partial charge < -0.3 is 9.40 Å². The number of aromatic nitrogens is 6. The van der Waals surface area contributed by atoms with Gasteiger partial charge in [0.05, 0.1) is 23.0 Å². The topological polar surface area (TPSA) is 110 Å². The Labute approximate surface area is 187 Å². The number of nitrogens with zero attached hydrogens (tertiary/aromatic N) is 5. The lowest BCUT2D eigenvalue weighted by atomic mass is 10.0. The van der Waals surface area contributed by atoms with Gasteiger partial charge in [-0.2, -0.15) is 0 Å². The standard InChI is InChI=1S/C25H16N6O2/c1-14-4-7-21(33-14)23-22(16-5-6-18-15(11-16)3-2-8-27-18)29-19-12-17(20-13-26-9-10-28-20)25(32)31-24(19)30-23/h2-13H,1H3,(H,30,31,32). The number of pyridine rings is 2. The normalized spacial score (nSPS) is 11.3. The van der Waals surface area contributed by atoms with Crippen molar-refractivity contribution in [2.75, 3.05) is 0 Å². The predicted molar refractivity (Wildman–Crippen MR) is 124 cm³/mol. The number of hydrogen-bond acceptors (Lipinski definition) is 7. The van der Waals surface area contributed by atoms with Gasteiger partial charge in [0.1, 0.15) is 22.7 Å². The molecule has 6 rings (SSSR count). The molecule has 0 amide bonds. The largest absolute Gasteiger partial charge is 0.460 e. The van der Waals surface area contributed by atoms with Gasteiger partial charge >= 0.3 is 0 Å². The lowest BCUT2D eigenvalue weighted by Crippen LogP contribution is -2.11. The Bertz CT molecular complexity index is 1710. The van der Waals surface area contributed by atoms with E-state index in [0.29, 0.717) is 39.6 Å². The van der Waals surface area contributed by atoms with E-state index in [1.165, 1.54) is 0 Å². The van der Waals surface area contributed by atoms with Gasteiger partial charge in [-0.25, -0.2) is 9.97 Å². The van der Waals surface area contributed by atoms with Crippen molar-refractivity contribution in [3.63, 3.8) is 0 Å². The molecule has 0 radical (unpaired) electrons. The van der Waals surface area contributed by atoms with Crippen molar-refractivity contribution in [2.24, 2.45) is 0 Å². The summed E-state index contributed by atoms with van der Waals surface area (Å²) >= 11 is 0. The van der Waals surface area contributed by atoms with Crippen LogP contribution in [0.1, 0.15) is 5.76 Å². The quantitative estimate of drug-likeness (QED) is 0.436. The number of furan rings is 1. The molecular formula is C25H16N6O2. The fourth-order valence-electron chi connectivity index (χ4n) is 3.80. The molecule has 0 bridgehead atoms. The van der Waals surface area contributed by atoms with Crippen LogP contribution in [0, 0.1) is 6.92 Å². The first kappa shape index (κ1) is 19.0. The van der Waals surface area contributed by atoms with E-state index in [1.807, 2.05) is 49.4 Å². The molecule has 5 aromatic heterocycles. The van der Waals surface area contributed by atoms with Crippen molar-refractivity contribution in [3.8, 4) is 34.0 Å². The number of H-pyrrole nitrogens is 1. The molecule has 6 aromatic rings. The van der Waals surface area contributed by atoms with E-state index in [0.717, 1.165) is 22.2 Å². The van der Waals surface area contributed by atoms with Gasteiger partial charge in [0.25, 0.3) is 5.56 Å². The Morgan fingerprint density at radius 1 is 0.879 bits per heavy atom. The van der Waals surface area contributed by atoms with Crippen LogP contribution < -0.4 is 5.56 Å². The first-order chi connectivity index (χ1) is 16.2. The molecule has 8 nitrogen and oxygen atoms in total. The Kier molecular flexibility index (Phi) is 4.29. The van der Waals surface area contributed by atoms with Gasteiger partial charge in [-0.05, 0) is 43.3 Å². The highest BCUT2D eigenvalue weighted by Gasteiger charge is 2.18. The first-order valence-corrected chi connectivity index (χ1v) is 10.3. The van der Waals surface area contributed by atoms with Gasteiger partial charge in [-0.3, -0.25) is 19.7 Å². The van der Waals surface area contributed by atoms with E-state index in [2.05, 4.69) is 19.9 Å². The molecule has 33 heavy (non-hydrogen) atoms. The highest BCUT2D eigenvalue weighted by Crippen LogP contribution is 2.33. The maximum atomic E-state index is 12.8. The van der Waals surface area contributed by atoms with Crippen LogP contribution in [0.2, 0.25) is 0 Å². The van der Waals surface area contributed by atoms with E-state index >= 15 is 0 Å². The third-order valence-electron chi connectivity index (χ3n) is 5.37. The third kappa shape index (κ3) is 3.34. The molecule has 8 heteroatoms. The van der Waals surface area contributed by atoms with Crippen LogP contribution in [0.3, 0.4) is 0 Å². The van der Waals surface area contributed by atoms with E-state index < -0.39 is 0 Å². The molecule has 158 valence electrons. The maximum Gasteiger partial charge on any atom is 0.259 e. The minimum Gasteiger partial charge on any atom is -0.460 e. The zero-order valence-electron chi connectivity index (χ0n) is 17.5. The zero-order valence-corrected chi connectivity index (χ0v) is 17.5. The number of fused-ring (bicyclic) bond motifs is 2. The fraction of sp³-hybridized carbons (Fsp3) is 0.0400. The SMILES string of the molecule is Cc1ccc(-c2nc3[nH]c(=O)c(-c4cnccn4)cc3nc2-c2ccc3ncccc3c2)o1. The second kappa shape index (κ2) is 7.45. The number of nitrogens with one attached hydrogen (secondary N) is 1. The van der Waals surface area contributed by atoms with Crippen LogP contribution in [0.25, 0.3) is 56.0 Å². The van der Waals surface area contributed by atoms with Gasteiger partial charge in [0, 0.05) is 29.5 Å². The minimum atomic E-state index is -0.316. The van der Waals surface area contributed by atoms with E-state index in [1.54, 1.807) is 30.9 Å². The Hall–Kier alpha value is -4.72. The van der Waals surface area contributed by atoms with Crippen molar-refractivity contribution in [1.29, 1.82) is 0 Å². The number of aromatic amines is 1. The maximum absolute atomic E-state index is 12.8. The van der Waals surface area contributed by atoms with E-state index in [9.17, 15) is 4.79 Å². The second-order valence-electron chi connectivity index (χ2n) is 7.58. The Balaban J connectivity index is 1.63. The van der Waals surface area contributed by atoms with Crippen LogP contribution in [0.5, 0.6) is 0 Å². The summed E-state index contributed by atoms with van der Waals surface area (Å²) < 4.78 is 5.87. The molecule has 0 unspecified atom stereocenters. The monoisotopic (exact) mass is 432 g/mol. The molecule has 0 aliphatic carbocycles. The number of rotatable bonds is 3. The highest BCUT2D eigenvalue weighted by molar-refractivity contribution is 5.89. The lowest BCUT2D eigenvalue weighted by Gasteiger charge is -2.10. The van der Waals surface area contributed by atoms with Crippen LogP contribution in [0.15, 0.2) is 82.5 Å². The summed E-state index contributed by atoms with van der Waals surface area (Å²) in [4.78, 5) is 38.0. The summed E-state index contributed by atoms with van der Waals surface area (Å²) in [5.74, 6) is 1.33. The smallest absolute Gasteiger partial charge is 0.259 e. The molecule has 0 aliphatic heterocycles. The van der Waals surface area contributed by atoms with Crippen LogP contribution in [0.4, 0.5) is 0 Å². The minimum absolute atomic E-state index is 0.316. The summed E-state index contributed by atoms with van der Waals surface area (Å²) in [5.41, 5.74) is 4.35. The average Bonchev–Trinajstić information content (AvgIpc) is 3.29. The number of aryl methyl sites for hydroxylation is 1. The first-order valence-electron chi connectivity index (χ1n) is 10.3. The summed E-state index contributed by atoms with van der Waals surface area (Å²) in [6.45, 7) is 1.87. The van der Waals surface area contributed by atoms with Crippen LogP contribution >= 0.6 is 0 Å². The van der Waals surface area contributed by atoms with Crippen LogP contribution in [-0.4, -0.2) is 29.9 Å². The van der Waals surface area contributed by atoms with Gasteiger partial charge in [-0.1, -0.05) is 12.1 Å². The third-order valence-corrected chi connectivity index (χ3v) is 5.37. The lowest BCUT2D eigenvalue weighted by molar-refractivity contribution is 0.546. The molecule has 0 atom stereocenters. The van der Waals surface area contributed by atoms with E-state index in [-0.39, 0.29) is 5.56 Å². The summed E-state index contributed by atoms with van der Waals surface area (Å²) in [5, 5.41) is 0.986. The van der Waals surface area contributed by atoms with Crippen molar-refractivity contribution in [1.82, 2.24) is 29.9 Å². The number of hydrogen-bond donors (Lipinski definition) is 1. The van der Waals surface area contributed by atoms with Gasteiger partial charge in [0.15, 0.2) is 11.4 Å². The molecule has 1 aromatic carbocycles. The molecule has 5 heterocycles. The summed E-state index contributed by atoms with van der Waals surface area (Å²) in [6, 6.07) is 15.2. The molecule has 0 spiro atoms. The second-order valence-corrected chi connectivity index (χ2v) is 7.58. The van der Waals surface area contributed by atoms with Gasteiger partial charge in [-0.15, -0.1) is 0 Å². The van der Waals surface area contributed by atoms with Crippen molar-refractivity contribution in [3.05, 3.63) is 89.4 Å². The Morgan fingerprint density at radius 3 is 2.64 bits per heavy atom. The number of benzene rings is 1. The average molecular weight is 432 g/mol. The van der Waals surface area contributed by atoms with Crippen LogP contribution in [-0.2, 0) is 0 Å². The molecule has 1 N–H and O–H groups in total. The molecule has 0 fully saturated rings. The van der Waals surface area contributed by atoms with Crippen molar-refractivity contribution >= 4 is 22.1 Å².